The molecule has 1 N–H and O–H groups in total. The second-order valence-electron chi connectivity index (χ2n) is 5.41. The van der Waals surface area contributed by atoms with Gasteiger partial charge in [0, 0.05) is 6.42 Å². The van der Waals surface area contributed by atoms with Crippen molar-refractivity contribution in [3.8, 4) is 0 Å². The molecule has 2 aliphatic carbocycles. The zero-order chi connectivity index (χ0) is 12.5. The van der Waals surface area contributed by atoms with Crippen LogP contribution in [0.15, 0.2) is 12.4 Å². The lowest BCUT2D eigenvalue weighted by atomic mass is 9.86. The molecule has 0 aliphatic heterocycles. The third-order valence-electron chi connectivity index (χ3n) is 4.20. The number of amides is 1. The highest BCUT2D eigenvalue weighted by molar-refractivity contribution is 6.29. The predicted octanol–water partition coefficient (Wildman–Crippen LogP) is 2.89. The molecule has 1 heterocycles. The minimum absolute atomic E-state index is 0.0316. The van der Waals surface area contributed by atoms with Gasteiger partial charge < -0.3 is 5.32 Å². The first-order valence-corrected chi connectivity index (χ1v) is 6.86. The van der Waals surface area contributed by atoms with E-state index < -0.39 is 0 Å². The molecule has 2 bridgehead atoms. The van der Waals surface area contributed by atoms with E-state index in [1.54, 1.807) is 0 Å². The number of hydrogen-bond acceptors (Lipinski definition) is 3. The SMILES string of the molecule is O=C(CC1CC2CCC1C2)Nc1cncc(Cl)n1. The molecule has 0 saturated heterocycles. The Morgan fingerprint density at radius 2 is 2.28 bits per heavy atom. The standard InChI is InChI=1S/C13H16ClN3O/c14-11-6-15-7-12(16-11)17-13(18)5-10-4-8-1-2-9(10)3-8/h6-10H,1-5H2,(H,16,17,18). The third-order valence-corrected chi connectivity index (χ3v) is 4.39. The quantitative estimate of drug-likeness (QED) is 0.914. The second kappa shape index (κ2) is 4.84. The van der Waals surface area contributed by atoms with E-state index in [-0.39, 0.29) is 5.91 Å². The van der Waals surface area contributed by atoms with Gasteiger partial charge in [0.1, 0.15) is 5.15 Å². The summed E-state index contributed by atoms with van der Waals surface area (Å²) in [7, 11) is 0. The molecule has 1 amide bonds. The van der Waals surface area contributed by atoms with Crippen molar-refractivity contribution in [1.29, 1.82) is 0 Å². The van der Waals surface area contributed by atoms with Crippen LogP contribution in [0.5, 0.6) is 0 Å². The summed E-state index contributed by atoms with van der Waals surface area (Å²) in [6.07, 6.45) is 8.80. The first kappa shape index (κ1) is 11.9. The predicted molar refractivity (Wildman–Crippen MR) is 69.2 cm³/mol. The summed E-state index contributed by atoms with van der Waals surface area (Å²) in [5.41, 5.74) is 0. The molecule has 5 heteroatoms. The molecule has 1 aromatic rings. The summed E-state index contributed by atoms with van der Waals surface area (Å²) in [5, 5.41) is 3.07. The van der Waals surface area contributed by atoms with E-state index in [0.29, 0.717) is 23.3 Å². The number of rotatable bonds is 3. The molecular weight excluding hydrogens is 250 g/mol. The fourth-order valence-corrected chi connectivity index (χ4v) is 3.61. The van der Waals surface area contributed by atoms with E-state index in [9.17, 15) is 4.79 Å². The summed E-state index contributed by atoms with van der Waals surface area (Å²) in [6, 6.07) is 0. The van der Waals surface area contributed by atoms with Gasteiger partial charge in [0.2, 0.25) is 5.91 Å². The molecular formula is C13H16ClN3O. The van der Waals surface area contributed by atoms with Crippen molar-refractivity contribution in [2.75, 3.05) is 5.32 Å². The summed E-state index contributed by atoms with van der Waals surface area (Å²) >= 11 is 5.73. The van der Waals surface area contributed by atoms with Crippen molar-refractivity contribution >= 4 is 23.3 Å². The van der Waals surface area contributed by atoms with Gasteiger partial charge in [-0.15, -0.1) is 0 Å². The van der Waals surface area contributed by atoms with Crippen molar-refractivity contribution in [3.63, 3.8) is 0 Å². The van der Waals surface area contributed by atoms with Crippen molar-refractivity contribution in [3.05, 3.63) is 17.5 Å². The van der Waals surface area contributed by atoms with Gasteiger partial charge in [-0.3, -0.25) is 9.78 Å². The zero-order valence-corrected chi connectivity index (χ0v) is 10.9. The number of halogens is 1. The van der Waals surface area contributed by atoms with Gasteiger partial charge in [0.25, 0.3) is 0 Å². The summed E-state index contributed by atoms with van der Waals surface area (Å²) in [5.74, 6) is 2.68. The van der Waals surface area contributed by atoms with Crippen LogP contribution in [-0.4, -0.2) is 15.9 Å². The maximum absolute atomic E-state index is 11.9. The van der Waals surface area contributed by atoms with E-state index in [0.717, 1.165) is 11.8 Å². The monoisotopic (exact) mass is 265 g/mol. The maximum atomic E-state index is 11.9. The van der Waals surface area contributed by atoms with E-state index in [4.69, 9.17) is 11.6 Å². The van der Waals surface area contributed by atoms with Gasteiger partial charge in [-0.25, -0.2) is 4.98 Å². The lowest BCUT2D eigenvalue weighted by Gasteiger charge is -2.20. The normalized spacial score (nSPS) is 29.5. The smallest absolute Gasteiger partial charge is 0.225 e. The zero-order valence-electron chi connectivity index (χ0n) is 10.1. The Balaban J connectivity index is 1.56. The first-order valence-electron chi connectivity index (χ1n) is 6.48. The third kappa shape index (κ3) is 2.48. The average molecular weight is 266 g/mol. The van der Waals surface area contributed by atoms with Gasteiger partial charge in [0.15, 0.2) is 5.82 Å². The summed E-state index contributed by atoms with van der Waals surface area (Å²) < 4.78 is 0. The molecule has 18 heavy (non-hydrogen) atoms. The number of carbonyl (C=O) groups excluding carboxylic acids is 1. The molecule has 0 aromatic carbocycles. The molecule has 0 radical (unpaired) electrons. The van der Waals surface area contributed by atoms with Crippen LogP contribution < -0.4 is 5.32 Å². The van der Waals surface area contributed by atoms with Gasteiger partial charge in [-0.1, -0.05) is 18.0 Å². The van der Waals surface area contributed by atoms with E-state index in [1.165, 1.54) is 38.1 Å². The molecule has 0 spiro atoms. The van der Waals surface area contributed by atoms with Gasteiger partial charge in [-0.2, -0.15) is 0 Å². The van der Waals surface area contributed by atoms with Crippen molar-refractivity contribution < 1.29 is 4.79 Å². The Morgan fingerprint density at radius 1 is 1.39 bits per heavy atom. The number of nitrogens with one attached hydrogen (secondary N) is 1. The van der Waals surface area contributed by atoms with E-state index >= 15 is 0 Å². The number of carbonyl (C=O) groups is 1. The van der Waals surface area contributed by atoms with Gasteiger partial charge in [0.05, 0.1) is 12.4 Å². The van der Waals surface area contributed by atoms with E-state index in [2.05, 4.69) is 15.3 Å². The minimum Gasteiger partial charge on any atom is -0.309 e. The van der Waals surface area contributed by atoms with Crippen LogP contribution >= 0.6 is 11.6 Å². The van der Waals surface area contributed by atoms with Crippen LogP contribution in [0.4, 0.5) is 5.82 Å². The number of anilines is 1. The first-order chi connectivity index (χ1) is 8.70. The molecule has 3 unspecified atom stereocenters. The van der Waals surface area contributed by atoms with Crippen molar-refractivity contribution in [2.24, 2.45) is 17.8 Å². The Kier molecular flexibility index (Phi) is 3.20. The Hall–Kier alpha value is -1.16. The summed E-state index contributed by atoms with van der Waals surface area (Å²) in [4.78, 5) is 19.8. The summed E-state index contributed by atoms with van der Waals surface area (Å²) in [6.45, 7) is 0. The molecule has 96 valence electrons. The van der Waals surface area contributed by atoms with Gasteiger partial charge in [-0.05, 0) is 37.0 Å². The highest BCUT2D eigenvalue weighted by Gasteiger charge is 2.40. The van der Waals surface area contributed by atoms with Crippen LogP contribution in [0.1, 0.15) is 32.1 Å². The lowest BCUT2D eigenvalue weighted by Crippen LogP contribution is -2.20. The number of hydrogen-bond donors (Lipinski definition) is 1. The maximum Gasteiger partial charge on any atom is 0.225 e. The Morgan fingerprint density at radius 3 is 2.94 bits per heavy atom. The van der Waals surface area contributed by atoms with Crippen LogP contribution in [0, 0.1) is 17.8 Å². The molecule has 4 nitrogen and oxygen atoms in total. The lowest BCUT2D eigenvalue weighted by molar-refractivity contribution is -0.117. The molecule has 3 atom stereocenters. The van der Waals surface area contributed by atoms with Crippen LogP contribution in [-0.2, 0) is 4.79 Å². The van der Waals surface area contributed by atoms with E-state index in [1.807, 2.05) is 0 Å². The Labute approximate surface area is 111 Å². The fraction of sp³-hybridized carbons (Fsp3) is 0.615. The van der Waals surface area contributed by atoms with Crippen molar-refractivity contribution in [2.45, 2.75) is 32.1 Å². The molecule has 2 saturated carbocycles. The van der Waals surface area contributed by atoms with Crippen LogP contribution in [0.2, 0.25) is 5.15 Å². The topological polar surface area (TPSA) is 54.9 Å². The van der Waals surface area contributed by atoms with Crippen LogP contribution in [0.25, 0.3) is 0 Å². The molecule has 3 rings (SSSR count). The highest BCUT2D eigenvalue weighted by atomic mass is 35.5. The van der Waals surface area contributed by atoms with Crippen LogP contribution in [0.3, 0.4) is 0 Å². The largest absolute Gasteiger partial charge is 0.309 e. The van der Waals surface area contributed by atoms with Gasteiger partial charge >= 0.3 is 0 Å². The highest BCUT2D eigenvalue weighted by Crippen LogP contribution is 2.49. The number of nitrogens with zero attached hydrogens (tertiary/aromatic N) is 2. The molecule has 2 aliphatic rings. The number of aromatic nitrogens is 2. The Bertz CT molecular complexity index is 465. The number of fused-ring (bicyclic) bond motifs is 2. The minimum atomic E-state index is 0.0316. The fourth-order valence-electron chi connectivity index (χ4n) is 3.46. The van der Waals surface area contributed by atoms with Crippen molar-refractivity contribution in [1.82, 2.24) is 9.97 Å². The second-order valence-corrected chi connectivity index (χ2v) is 5.80. The molecule has 2 fully saturated rings. The average Bonchev–Trinajstić information content (AvgIpc) is 2.90. The molecule has 1 aromatic heterocycles.